The lowest BCUT2D eigenvalue weighted by Crippen LogP contribution is -2.36. The van der Waals surface area contributed by atoms with E-state index in [0.717, 1.165) is 26.6 Å². The number of nitrogens with zero attached hydrogens (tertiary/aromatic N) is 2. The summed E-state index contributed by atoms with van der Waals surface area (Å²) in [6.07, 6.45) is 0. The molecule has 0 spiro atoms. The number of carbonyl (C=O) groups excluding carboxylic acids is 2. The molecule has 4 aromatic rings. The first kappa shape index (κ1) is 21.6. The van der Waals surface area contributed by atoms with Crippen molar-refractivity contribution in [2.24, 2.45) is 0 Å². The van der Waals surface area contributed by atoms with Crippen molar-refractivity contribution >= 4 is 50.5 Å². The van der Waals surface area contributed by atoms with Gasteiger partial charge in [0.25, 0.3) is 0 Å². The Bertz CT molecular complexity index is 1270. The van der Waals surface area contributed by atoms with Gasteiger partial charge in [0.1, 0.15) is 0 Å². The van der Waals surface area contributed by atoms with Crippen molar-refractivity contribution in [1.29, 1.82) is 0 Å². The van der Waals surface area contributed by atoms with Crippen LogP contribution in [-0.4, -0.2) is 28.0 Å². The number of benzene rings is 3. The highest BCUT2D eigenvalue weighted by Crippen LogP contribution is 2.24. The van der Waals surface area contributed by atoms with Gasteiger partial charge in [-0.05, 0) is 48.4 Å². The molecule has 1 aromatic heterocycles. The van der Waals surface area contributed by atoms with E-state index in [1.807, 2.05) is 78.2 Å². The molecule has 0 atom stereocenters. The molecule has 0 unspecified atom stereocenters. The second kappa shape index (κ2) is 9.65. The van der Waals surface area contributed by atoms with Crippen molar-refractivity contribution in [3.8, 4) is 0 Å². The predicted octanol–water partition coefficient (Wildman–Crippen LogP) is 4.92. The van der Waals surface area contributed by atoms with Gasteiger partial charge >= 0.3 is 6.03 Å². The van der Waals surface area contributed by atoms with Crippen LogP contribution < -0.4 is 16.0 Å². The van der Waals surface area contributed by atoms with E-state index in [1.165, 1.54) is 0 Å². The van der Waals surface area contributed by atoms with Crippen molar-refractivity contribution in [3.63, 3.8) is 0 Å². The van der Waals surface area contributed by atoms with Crippen LogP contribution in [0.1, 0.15) is 11.1 Å². The Balaban J connectivity index is 1.46. The van der Waals surface area contributed by atoms with Crippen molar-refractivity contribution in [2.45, 2.75) is 13.5 Å². The fourth-order valence-electron chi connectivity index (χ4n) is 3.35. The first-order chi connectivity index (χ1) is 15.5. The minimum Gasteiger partial charge on any atom is -0.329 e. The van der Waals surface area contributed by atoms with Gasteiger partial charge in [-0.2, -0.15) is 0 Å². The van der Waals surface area contributed by atoms with Crippen LogP contribution in [0.4, 0.5) is 16.4 Å². The molecule has 8 heteroatoms. The Hall–Kier alpha value is -3.65. The molecule has 0 bridgehead atoms. The van der Waals surface area contributed by atoms with Gasteiger partial charge in [0, 0.05) is 10.2 Å². The second-order valence-corrected chi connectivity index (χ2v) is 8.28. The van der Waals surface area contributed by atoms with E-state index in [-0.39, 0.29) is 12.5 Å². The molecule has 0 radical (unpaired) electrons. The molecule has 3 aromatic carbocycles. The maximum Gasteiger partial charge on any atom is 0.319 e. The van der Waals surface area contributed by atoms with Crippen LogP contribution >= 0.6 is 15.9 Å². The molecular formula is C24H22BrN5O2. The van der Waals surface area contributed by atoms with E-state index in [4.69, 9.17) is 0 Å². The maximum absolute atomic E-state index is 12.6. The second-order valence-electron chi connectivity index (χ2n) is 7.37. The van der Waals surface area contributed by atoms with Crippen LogP contribution in [0.25, 0.3) is 11.0 Å². The third-order valence-corrected chi connectivity index (χ3v) is 5.32. The highest BCUT2D eigenvalue weighted by Gasteiger charge is 2.15. The summed E-state index contributed by atoms with van der Waals surface area (Å²) in [5.74, 6) is 0.0564. The zero-order chi connectivity index (χ0) is 22.5. The van der Waals surface area contributed by atoms with Gasteiger partial charge in [-0.1, -0.05) is 58.4 Å². The van der Waals surface area contributed by atoms with Crippen molar-refractivity contribution in [3.05, 3.63) is 88.4 Å². The lowest BCUT2D eigenvalue weighted by atomic mass is 10.2. The molecule has 4 rings (SSSR count). The highest BCUT2D eigenvalue weighted by molar-refractivity contribution is 9.10. The molecule has 7 nitrogen and oxygen atoms in total. The number of anilines is 2. The summed E-state index contributed by atoms with van der Waals surface area (Å²) in [5, 5.41) is 8.12. The predicted molar refractivity (Wildman–Crippen MR) is 130 cm³/mol. The van der Waals surface area contributed by atoms with Crippen LogP contribution in [0.3, 0.4) is 0 Å². The number of imidazole rings is 1. The van der Waals surface area contributed by atoms with Crippen molar-refractivity contribution in [2.75, 3.05) is 17.2 Å². The van der Waals surface area contributed by atoms with E-state index in [2.05, 4.69) is 36.9 Å². The summed E-state index contributed by atoms with van der Waals surface area (Å²) in [5.41, 5.74) is 4.44. The molecule has 0 aliphatic carbocycles. The minimum absolute atomic E-state index is 0.185. The van der Waals surface area contributed by atoms with E-state index in [1.54, 1.807) is 6.07 Å². The van der Waals surface area contributed by atoms with Gasteiger partial charge in [0.2, 0.25) is 11.9 Å². The third kappa shape index (κ3) is 5.33. The number of aromatic nitrogens is 2. The number of halogens is 1. The maximum atomic E-state index is 12.6. The number of hydrogen-bond donors (Lipinski definition) is 3. The van der Waals surface area contributed by atoms with Crippen molar-refractivity contribution in [1.82, 2.24) is 14.9 Å². The van der Waals surface area contributed by atoms with Gasteiger partial charge < -0.3 is 15.2 Å². The van der Waals surface area contributed by atoms with Crippen LogP contribution in [0, 0.1) is 6.92 Å². The van der Waals surface area contributed by atoms with Gasteiger partial charge in [0.05, 0.1) is 24.1 Å². The van der Waals surface area contributed by atoms with E-state index in [9.17, 15) is 9.59 Å². The number of rotatable bonds is 6. The van der Waals surface area contributed by atoms with Crippen LogP contribution in [-0.2, 0) is 11.3 Å². The summed E-state index contributed by atoms with van der Waals surface area (Å²) >= 11 is 3.47. The van der Waals surface area contributed by atoms with Gasteiger partial charge in [0.15, 0.2) is 0 Å². The van der Waals surface area contributed by atoms with Crippen LogP contribution in [0.15, 0.2) is 77.3 Å². The van der Waals surface area contributed by atoms with E-state index >= 15 is 0 Å². The van der Waals surface area contributed by atoms with E-state index < -0.39 is 6.03 Å². The number of nitrogens with one attached hydrogen (secondary N) is 3. The zero-order valence-corrected chi connectivity index (χ0v) is 19.0. The Kier molecular flexibility index (Phi) is 6.51. The number of aryl methyl sites for hydroxylation is 1. The number of carbonyl (C=O) groups is 2. The first-order valence-electron chi connectivity index (χ1n) is 10.1. The molecule has 3 amide bonds. The Morgan fingerprint density at radius 3 is 2.56 bits per heavy atom. The molecule has 1 heterocycles. The Morgan fingerprint density at radius 2 is 1.78 bits per heavy atom. The fourth-order valence-corrected chi connectivity index (χ4v) is 3.70. The topological polar surface area (TPSA) is 88.1 Å². The largest absolute Gasteiger partial charge is 0.329 e. The molecule has 0 saturated carbocycles. The summed E-state index contributed by atoms with van der Waals surface area (Å²) in [6.45, 7) is 2.31. The molecule has 0 aliphatic heterocycles. The first-order valence-corrected chi connectivity index (χ1v) is 10.9. The minimum atomic E-state index is -0.451. The van der Waals surface area contributed by atoms with Gasteiger partial charge in [-0.25, -0.2) is 9.78 Å². The summed E-state index contributed by atoms with van der Waals surface area (Å²) in [7, 11) is 0. The average molecular weight is 492 g/mol. The zero-order valence-electron chi connectivity index (χ0n) is 17.4. The smallest absolute Gasteiger partial charge is 0.319 e. The lowest BCUT2D eigenvalue weighted by Gasteiger charge is -2.11. The Morgan fingerprint density at radius 1 is 0.969 bits per heavy atom. The monoisotopic (exact) mass is 491 g/mol. The molecule has 162 valence electrons. The quantitative estimate of drug-likeness (QED) is 0.357. The summed E-state index contributed by atoms with van der Waals surface area (Å²) in [4.78, 5) is 29.3. The third-order valence-electron chi connectivity index (χ3n) is 4.83. The molecular weight excluding hydrogens is 470 g/mol. The standard InChI is InChI=1S/C24H22BrN5O2/c1-16-6-5-9-19(12-16)27-24(32)26-14-22(31)29-23-28-20-13-18(25)10-11-21(20)30(23)15-17-7-3-2-4-8-17/h2-13H,14-15H2,1H3,(H2,26,27,32)(H,28,29,31). The number of urea groups is 1. The molecule has 32 heavy (non-hydrogen) atoms. The average Bonchev–Trinajstić information content (AvgIpc) is 3.09. The number of hydrogen-bond acceptors (Lipinski definition) is 3. The van der Waals surface area contributed by atoms with Crippen molar-refractivity contribution < 1.29 is 9.59 Å². The molecule has 3 N–H and O–H groups in total. The van der Waals surface area contributed by atoms with Gasteiger partial charge in [-0.3, -0.25) is 10.1 Å². The van der Waals surface area contributed by atoms with Crippen LogP contribution in [0.5, 0.6) is 0 Å². The van der Waals surface area contributed by atoms with Gasteiger partial charge in [-0.15, -0.1) is 0 Å². The highest BCUT2D eigenvalue weighted by atomic mass is 79.9. The molecule has 0 fully saturated rings. The number of fused-ring (bicyclic) bond motifs is 1. The fraction of sp³-hybridized carbons (Fsp3) is 0.125. The number of amides is 3. The molecule has 0 saturated heterocycles. The summed E-state index contributed by atoms with van der Waals surface area (Å²) in [6, 6.07) is 22.7. The van der Waals surface area contributed by atoms with E-state index in [0.29, 0.717) is 18.2 Å². The normalized spacial score (nSPS) is 10.7. The molecule has 0 aliphatic rings. The Labute approximate surface area is 194 Å². The van der Waals surface area contributed by atoms with Crippen LogP contribution in [0.2, 0.25) is 0 Å². The summed E-state index contributed by atoms with van der Waals surface area (Å²) < 4.78 is 2.85. The SMILES string of the molecule is Cc1cccc(NC(=O)NCC(=O)Nc2nc3cc(Br)ccc3n2Cc2ccccc2)c1. The lowest BCUT2D eigenvalue weighted by molar-refractivity contribution is -0.115.